The number of carbonyl (C=O) groups excluding carboxylic acids is 1. The number of rotatable bonds is 6. The number of fused-ring (bicyclic) bond motifs is 1. The zero-order valence-corrected chi connectivity index (χ0v) is 13.8. The maximum absolute atomic E-state index is 12.3. The fourth-order valence-corrected chi connectivity index (χ4v) is 2.08. The highest BCUT2D eigenvalue weighted by Gasteiger charge is 2.17. The van der Waals surface area contributed by atoms with Gasteiger partial charge in [-0.1, -0.05) is 23.8 Å². The molecule has 0 aliphatic carbocycles. The number of carbonyl (C=O) groups is 1. The average Bonchev–Trinajstić information content (AvgIpc) is 2.55. The molecule has 0 saturated heterocycles. The molecular weight excluding hydrogens is 334 g/mol. The summed E-state index contributed by atoms with van der Waals surface area (Å²) in [6, 6.07) is 0.560. The Morgan fingerprint density at radius 3 is 2.96 bits per heavy atom. The molecule has 2 rings (SSSR count). The van der Waals surface area contributed by atoms with Crippen LogP contribution in [0.1, 0.15) is 6.92 Å². The maximum atomic E-state index is 12.3. The number of nitrogens with zero attached hydrogens (tertiary/aromatic N) is 3. The smallest absolute Gasteiger partial charge is 0.263 e. The molecular formula is C15H18ClN5O3. The molecule has 4 N–H and O–H groups in total. The Hall–Kier alpha value is -2.29. The second-order valence-corrected chi connectivity index (χ2v) is 5.60. The van der Waals surface area contributed by atoms with Gasteiger partial charge in [0.1, 0.15) is 11.2 Å². The second-order valence-electron chi connectivity index (χ2n) is 5.21. The fourth-order valence-electron chi connectivity index (χ4n) is 1.93. The molecule has 0 bridgehead atoms. The van der Waals surface area contributed by atoms with Crippen molar-refractivity contribution in [2.24, 2.45) is 5.73 Å². The quantitative estimate of drug-likeness (QED) is 0.490. The van der Waals surface area contributed by atoms with Gasteiger partial charge in [-0.05, 0) is 6.92 Å². The third-order valence-corrected chi connectivity index (χ3v) is 3.57. The van der Waals surface area contributed by atoms with Crippen LogP contribution < -0.4 is 16.6 Å². The molecule has 0 aliphatic rings. The number of halogens is 1. The number of pyridine rings is 1. The van der Waals surface area contributed by atoms with Crippen LogP contribution in [-0.2, 0) is 11.3 Å². The van der Waals surface area contributed by atoms with Gasteiger partial charge >= 0.3 is 0 Å². The number of allylic oxidation sites excluding steroid dienone is 1. The van der Waals surface area contributed by atoms with Crippen LogP contribution in [0, 0.1) is 0 Å². The van der Waals surface area contributed by atoms with Crippen molar-refractivity contribution in [3.63, 3.8) is 0 Å². The molecule has 0 radical (unpaired) electrons. The summed E-state index contributed by atoms with van der Waals surface area (Å²) < 4.78 is 1.41. The van der Waals surface area contributed by atoms with Crippen molar-refractivity contribution in [1.82, 2.24) is 19.9 Å². The van der Waals surface area contributed by atoms with Crippen LogP contribution in [0.5, 0.6) is 0 Å². The molecule has 2 aromatic rings. The van der Waals surface area contributed by atoms with Crippen LogP contribution in [0.2, 0.25) is 5.15 Å². The Kier molecular flexibility index (Phi) is 6.02. The number of hydrogen-bond acceptors (Lipinski definition) is 6. The van der Waals surface area contributed by atoms with Crippen molar-refractivity contribution in [3.8, 4) is 0 Å². The Balaban J connectivity index is 1.96. The van der Waals surface area contributed by atoms with E-state index in [1.165, 1.54) is 30.1 Å². The first kappa shape index (κ1) is 18.1. The predicted octanol–water partition coefficient (Wildman–Crippen LogP) is -0.175. The molecule has 0 saturated carbocycles. The Morgan fingerprint density at radius 1 is 1.50 bits per heavy atom. The first-order valence-electron chi connectivity index (χ1n) is 7.27. The first-order valence-corrected chi connectivity index (χ1v) is 7.65. The summed E-state index contributed by atoms with van der Waals surface area (Å²) in [6.07, 6.45) is 5.30. The van der Waals surface area contributed by atoms with Crippen LogP contribution >= 0.6 is 11.6 Å². The molecule has 0 aromatic carbocycles. The molecule has 0 unspecified atom stereocenters. The monoisotopic (exact) mass is 351 g/mol. The minimum atomic E-state index is -0.968. The normalized spacial score (nSPS) is 14.0. The minimum Gasteiger partial charge on any atom is -0.391 e. The highest BCUT2D eigenvalue weighted by atomic mass is 35.5. The molecule has 24 heavy (non-hydrogen) atoms. The molecule has 9 heteroatoms. The van der Waals surface area contributed by atoms with E-state index in [0.29, 0.717) is 17.4 Å². The van der Waals surface area contributed by atoms with Crippen LogP contribution in [0.25, 0.3) is 10.9 Å². The van der Waals surface area contributed by atoms with E-state index < -0.39 is 18.1 Å². The summed E-state index contributed by atoms with van der Waals surface area (Å²) in [7, 11) is 0. The van der Waals surface area contributed by atoms with E-state index in [1.807, 2.05) is 0 Å². The van der Waals surface area contributed by atoms with Gasteiger partial charge in [0, 0.05) is 25.4 Å². The van der Waals surface area contributed by atoms with Gasteiger partial charge in [-0.2, -0.15) is 0 Å². The number of hydrogen-bond donors (Lipinski definition) is 3. The van der Waals surface area contributed by atoms with Gasteiger partial charge in [0.15, 0.2) is 0 Å². The number of aliphatic hydroxyl groups is 1. The molecule has 0 spiro atoms. The Labute approximate surface area is 143 Å². The van der Waals surface area contributed by atoms with E-state index in [4.69, 9.17) is 17.3 Å². The van der Waals surface area contributed by atoms with Crippen molar-refractivity contribution in [1.29, 1.82) is 0 Å². The molecule has 2 atom stereocenters. The SMILES string of the molecule is C[C@@H](O)[C@H](N)C(=O)NC/C=C/Cn1cnc2cc(Cl)ncc2c1=O. The van der Waals surface area contributed by atoms with Gasteiger partial charge in [-0.3, -0.25) is 14.2 Å². The summed E-state index contributed by atoms with van der Waals surface area (Å²) in [4.78, 5) is 31.8. The van der Waals surface area contributed by atoms with E-state index >= 15 is 0 Å². The third-order valence-electron chi connectivity index (χ3n) is 3.36. The number of aliphatic hydroxyl groups excluding tert-OH is 1. The van der Waals surface area contributed by atoms with Crippen molar-refractivity contribution in [2.75, 3.05) is 6.54 Å². The zero-order valence-electron chi connectivity index (χ0n) is 13.0. The minimum absolute atomic E-state index is 0.228. The molecule has 8 nitrogen and oxygen atoms in total. The molecule has 2 aromatic heterocycles. The summed E-state index contributed by atoms with van der Waals surface area (Å²) in [5.41, 5.74) is 5.75. The van der Waals surface area contributed by atoms with Crippen molar-refractivity contribution < 1.29 is 9.90 Å². The van der Waals surface area contributed by atoms with Crippen LogP contribution in [0.3, 0.4) is 0 Å². The van der Waals surface area contributed by atoms with Crippen molar-refractivity contribution in [3.05, 3.63) is 46.2 Å². The Bertz CT molecular complexity index is 818. The molecule has 2 heterocycles. The number of aromatic nitrogens is 3. The summed E-state index contributed by atoms with van der Waals surface area (Å²) in [6.45, 7) is 1.98. The van der Waals surface area contributed by atoms with E-state index in [0.717, 1.165) is 0 Å². The molecule has 0 fully saturated rings. The molecule has 128 valence electrons. The van der Waals surface area contributed by atoms with Crippen LogP contribution in [0.4, 0.5) is 0 Å². The van der Waals surface area contributed by atoms with E-state index in [2.05, 4.69) is 15.3 Å². The van der Waals surface area contributed by atoms with Crippen LogP contribution in [-0.4, -0.2) is 44.2 Å². The fraction of sp³-hybridized carbons (Fsp3) is 0.333. The molecule has 0 aliphatic heterocycles. The third kappa shape index (κ3) is 4.38. The van der Waals surface area contributed by atoms with Crippen molar-refractivity contribution >= 4 is 28.4 Å². The van der Waals surface area contributed by atoms with E-state index in [9.17, 15) is 14.7 Å². The van der Waals surface area contributed by atoms with Crippen molar-refractivity contribution in [2.45, 2.75) is 25.6 Å². The zero-order chi connectivity index (χ0) is 17.7. The lowest BCUT2D eigenvalue weighted by molar-refractivity contribution is -0.124. The summed E-state index contributed by atoms with van der Waals surface area (Å²) >= 11 is 5.77. The topological polar surface area (TPSA) is 123 Å². The summed E-state index contributed by atoms with van der Waals surface area (Å²) in [5, 5.41) is 12.4. The number of nitrogens with two attached hydrogens (primary N) is 1. The Morgan fingerprint density at radius 2 is 2.25 bits per heavy atom. The van der Waals surface area contributed by atoms with Gasteiger partial charge in [0.05, 0.1) is 23.3 Å². The highest BCUT2D eigenvalue weighted by molar-refractivity contribution is 6.29. The predicted molar refractivity (Wildman–Crippen MR) is 90.6 cm³/mol. The summed E-state index contributed by atoms with van der Waals surface area (Å²) in [5.74, 6) is -0.442. The standard InChI is InChI=1S/C15H18ClN5O3/c1-9(22)13(17)14(23)18-4-2-3-5-21-8-20-11-6-12(16)19-7-10(11)15(21)24/h2-3,6-9,13,22H,4-5,17H2,1H3,(H,18,23)/b3-2+/t9-,13+/m1/s1. The average molecular weight is 352 g/mol. The van der Waals surface area contributed by atoms with E-state index in [-0.39, 0.29) is 17.3 Å². The van der Waals surface area contributed by atoms with Gasteiger partial charge in [0.25, 0.3) is 5.56 Å². The molecule has 1 amide bonds. The van der Waals surface area contributed by atoms with Gasteiger partial charge < -0.3 is 16.2 Å². The highest BCUT2D eigenvalue weighted by Crippen LogP contribution is 2.10. The van der Waals surface area contributed by atoms with Gasteiger partial charge in [-0.25, -0.2) is 9.97 Å². The van der Waals surface area contributed by atoms with Crippen LogP contribution in [0.15, 0.2) is 35.5 Å². The lowest BCUT2D eigenvalue weighted by atomic mass is 10.2. The number of nitrogens with one attached hydrogen (secondary N) is 1. The van der Waals surface area contributed by atoms with Gasteiger partial charge in [-0.15, -0.1) is 0 Å². The van der Waals surface area contributed by atoms with Gasteiger partial charge in [0.2, 0.25) is 5.91 Å². The van der Waals surface area contributed by atoms with E-state index in [1.54, 1.807) is 12.2 Å². The first-order chi connectivity index (χ1) is 11.4. The lowest BCUT2D eigenvalue weighted by Gasteiger charge is -2.13. The lowest BCUT2D eigenvalue weighted by Crippen LogP contribution is -2.47. The maximum Gasteiger partial charge on any atom is 0.263 e. The largest absolute Gasteiger partial charge is 0.391 e. The number of amides is 1. The second kappa shape index (κ2) is 8.00.